The predicted octanol–water partition coefficient (Wildman–Crippen LogP) is 5.29. The molecule has 1 atom stereocenters. The molecule has 0 bridgehead atoms. The van der Waals surface area contributed by atoms with Crippen molar-refractivity contribution in [3.8, 4) is 11.1 Å². The van der Waals surface area contributed by atoms with Gasteiger partial charge in [-0.3, -0.25) is 0 Å². The molecule has 1 amide bonds. The van der Waals surface area contributed by atoms with E-state index < -0.39 is 5.60 Å². The first-order valence-corrected chi connectivity index (χ1v) is 10.9. The lowest BCUT2D eigenvalue weighted by Crippen LogP contribution is -2.35. The minimum absolute atomic E-state index is 0.0334. The second-order valence-corrected chi connectivity index (χ2v) is 8.84. The molecule has 1 unspecified atom stereocenters. The van der Waals surface area contributed by atoms with Gasteiger partial charge < -0.3 is 14.7 Å². The molecule has 3 aromatic carbocycles. The summed E-state index contributed by atoms with van der Waals surface area (Å²) in [5.74, 6) is 0.0334. The quantitative estimate of drug-likeness (QED) is 0.573. The van der Waals surface area contributed by atoms with Gasteiger partial charge in [0, 0.05) is 16.9 Å². The molecule has 1 heterocycles. The Kier molecular flexibility index (Phi) is 4.88. The number of fused-ring (bicyclic) bond motifs is 3. The van der Waals surface area contributed by atoms with Gasteiger partial charge in [-0.1, -0.05) is 82.7 Å². The Morgan fingerprint density at radius 2 is 1.60 bits per heavy atom. The molecule has 5 heteroatoms. The summed E-state index contributed by atoms with van der Waals surface area (Å²) in [5.41, 5.74) is 4.54. The zero-order valence-corrected chi connectivity index (χ0v) is 18.0. The van der Waals surface area contributed by atoms with Crippen molar-refractivity contribution in [2.45, 2.75) is 17.9 Å². The Hall–Kier alpha value is -2.63. The second kappa shape index (κ2) is 7.56. The summed E-state index contributed by atoms with van der Waals surface area (Å²) in [6.07, 6.45) is 0.111. The lowest BCUT2D eigenvalue weighted by atomic mass is 9.93. The fourth-order valence-electron chi connectivity index (χ4n) is 4.69. The van der Waals surface area contributed by atoms with Gasteiger partial charge in [-0.15, -0.1) is 0 Å². The van der Waals surface area contributed by atoms with E-state index in [2.05, 4.69) is 40.2 Å². The smallest absolute Gasteiger partial charge is 0.409 e. The number of rotatable bonds is 3. The van der Waals surface area contributed by atoms with E-state index in [4.69, 9.17) is 4.74 Å². The van der Waals surface area contributed by atoms with Crippen molar-refractivity contribution < 1.29 is 14.6 Å². The average Bonchev–Trinajstić information content (AvgIpc) is 3.32. The number of β-amino-alcohol motifs (C(OH)–C–C–N with tert-alkyl or cyclic N) is 1. The van der Waals surface area contributed by atoms with Crippen LogP contribution in [0.2, 0.25) is 0 Å². The highest BCUT2D eigenvalue weighted by Gasteiger charge is 2.41. The monoisotopic (exact) mass is 463 g/mol. The van der Waals surface area contributed by atoms with Crippen LogP contribution in [0.3, 0.4) is 0 Å². The number of benzene rings is 3. The largest absolute Gasteiger partial charge is 0.448 e. The van der Waals surface area contributed by atoms with E-state index in [1.54, 1.807) is 4.90 Å². The number of aliphatic hydroxyl groups is 1. The summed E-state index contributed by atoms with van der Waals surface area (Å²) in [6.45, 7) is 0.984. The maximum Gasteiger partial charge on any atom is 0.409 e. The van der Waals surface area contributed by atoms with Crippen molar-refractivity contribution in [1.82, 2.24) is 4.90 Å². The average molecular weight is 464 g/mol. The van der Waals surface area contributed by atoms with E-state index in [1.165, 1.54) is 22.3 Å². The fourth-order valence-corrected chi connectivity index (χ4v) is 5.35. The number of likely N-dealkylation sites (tertiary alicyclic amines) is 1. The Morgan fingerprint density at radius 3 is 2.27 bits per heavy atom. The van der Waals surface area contributed by atoms with E-state index >= 15 is 0 Å². The van der Waals surface area contributed by atoms with E-state index in [-0.39, 0.29) is 25.2 Å². The van der Waals surface area contributed by atoms with E-state index in [0.29, 0.717) is 13.0 Å². The van der Waals surface area contributed by atoms with E-state index in [0.717, 1.165) is 10.0 Å². The normalized spacial score (nSPS) is 20.1. The zero-order chi connectivity index (χ0) is 20.7. The molecule has 1 saturated heterocycles. The van der Waals surface area contributed by atoms with Gasteiger partial charge in [-0.2, -0.15) is 0 Å². The minimum atomic E-state index is -1.06. The number of halogens is 1. The summed E-state index contributed by atoms with van der Waals surface area (Å²) in [6, 6.07) is 24.2. The summed E-state index contributed by atoms with van der Waals surface area (Å²) in [7, 11) is 0. The van der Waals surface area contributed by atoms with Gasteiger partial charge in [-0.25, -0.2) is 4.79 Å². The fraction of sp³-hybridized carbons (Fsp3) is 0.240. The maximum atomic E-state index is 12.8. The number of nitrogens with zero attached hydrogens (tertiary/aromatic N) is 1. The van der Waals surface area contributed by atoms with Crippen molar-refractivity contribution in [3.63, 3.8) is 0 Å². The van der Waals surface area contributed by atoms with E-state index in [1.807, 2.05) is 48.5 Å². The van der Waals surface area contributed by atoms with Crippen LogP contribution < -0.4 is 0 Å². The van der Waals surface area contributed by atoms with Gasteiger partial charge in [-0.05, 0) is 40.3 Å². The molecule has 5 rings (SSSR count). The van der Waals surface area contributed by atoms with E-state index in [9.17, 15) is 9.90 Å². The lowest BCUT2D eigenvalue weighted by molar-refractivity contribution is 0.0408. The highest BCUT2D eigenvalue weighted by molar-refractivity contribution is 9.10. The molecule has 1 aliphatic heterocycles. The van der Waals surface area contributed by atoms with Crippen molar-refractivity contribution >= 4 is 22.0 Å². The van der Waals surface area contributed by atoms with Crippen molar-refractivity contribution in [1.29, 1.82) is 0 Å². The van der Waals surface area contributed by atoms with Gasteiger partial charge >= 0.3 is 6.09 Å². The first-order chi connectivity index (χ1) is 14.6. The number of carbonyl (C=O) groups is 1. The Balaban J connectivity index is 1.30. The Labute approximate surface area is 184 Å². The highest BCUT2D eigenvalue weighted by atomic mass is 79.9. The first-order valence-electron chi connectivity index (χ1n) is 10.1. The predicted molar refractivity (Wildman–Crippen MR) is 119 cm³/mol. The van der Waals surface area contributed by atoms with Crippen molar-refractivity contribution in [2.24, 2.45) is 0 Å². The summed E-state index contributed by atoms with van der Waals surface area (Å²) >= 11 is 3.51. The number of ether oxygens (including phenoxy) is 1. The molecular formula is C25H22BrNO3. The van der Waals surface area contributed by atoms with Crippen LogP contribution in [0.25, 0.3) is 11.1 Å². The molecule has 0 aromatic heterocycles. The molecule has 0 spiro atoms. The molecule has 30 heavy (non-hydrogen) atoms. The first kappa shape index (κ1) is 19.3. The molecule has 0 saturated carbocycles. The summed E-state index contributed by atoms with van der Waals surface area (Å²) in [4.78, 5) is 14.4. The Bertz CT molecular complexity index is 1070. The Morgan fingerprint density at radius 1 is 1.00 bits per heavy atom. The van der Waals surface area contributed by atoms with Crippen LogP contribution in [0.4, 0.5) is 4.79 Å². The van der Waals surface area contributed by atoms with Crippen LogP contribution in [0.5, 0.6) is 0 Å². The van der Waals surface area contributed by atoms with Crippen LogP contribution >= 0.6 is 15.9 Å². The van der Waals surface area contributed by atoms with Crippen molar-refractivity contribution in [3.05, 3.63) is 94.0 Å². The van der Waals surface area contributed by atoms with Crippen LogP contribution in [0, 0.1) is 0 Å². The number of carbonyl (C=O) groups excluding carboxylic acids is 1. The summed E-state index contributed by atoms with van der Waals surface area (Å²) < 4.78 is 6.60. The van der Waals surface area contributed by atoms with Crippen LogP contribution in [0.15, 0.2) is 77.3 Å². The molecule has 1 aliphatic carbocycles. The maximum absolute atomic E-state index is 12.8. The van der Waals surface area contributed by atoms with Gasteiger partial charge in [0.05, 0.1) is 6.54 Å². The number of hydrogen-bond donors (Lipinski definition) is 1. The molecule has 0 radical (unpaired) electrons. The topological polar surface area (TPSA) is 49.8 Å². The molecule has 1 fully saturated rings. The third kappa shape index (κ3) is 3.22. The number of amides is 1. The highest BCUT2D eigenvalue weighted by Crippen LogP contribution is 2.44. The van der Waals surface area contributed by atoms with Crippen molar-refractivity contribution in [2.75, 3.05) is 19.7 Å². The second-order valence-electron chi connectivity index (χ2n) is 7.99. The van der Waals surface area contributed by atoms with Gasteiger partial charge in [0.2, 0.25) is 0 Å². The SMILES string of the molecule is O=C(OCC1c2ccccc2-c2ccccc21)N1CCC(O)(c2ccccc2Br)C1. The molecule has 152 valence electrons. The third-order valence-corrected chi connectivity index (χ3v) is 6.91. The van der Waals surface area contributed by atoms with Gasteiger partial charge in [0.15, 0.2) is 0 Å². The summed E-state index contributed by atoms with van der Waals surface area (Å²) in [5, 5.41) is 11.1. The van der Waals surface area contributed by atoms with Crippen LogP contribution in [-0.4, -0.2) is 35.8 Å². The van der Waals surface area contributed by atoms with Crippen LogP contribution in [0.1, 0.15) is 29.0 Å². The number of hydrogen-bond acceptors (Lipinski definition) is 3. The molecule has 2 aliphatic rings. The molecular weight excluding hydrogens is 442 g/mol. The third-order valence-electron chi connectivity index (χ3n) is 6.22. The lowest BCUT2D eigenvalue weighted by Gasteiger charge is -2.25. The molecule has 1 N–H and O–H groups in total. The molecule has 3 aromatic rings. The minimum Gasteiger partial charge on any atom is -0.448 e. The zero-order valence-electron chi connectivity index (χ0n) is 16.4. The van der Waals surface area contributed by atoms with Gasteiger partial charge in [0.1, 0.15) is 12.2 Å². The van der Waals surface area contributed by atoms with Gasteiger partial charge in [0.25, 0.3) is 0 Å². The molecule has 4 nitrogen and oxygen atoms in total. The standard InChI is InChI=1S/C25H22BrNO3/c26-23-12-6-5-11-22(23)25(29)13-14-27(16-25)24(28)30-15-21-19-9-3-1-7-17(19)18-8-2-4-10-20(18)21/h1-12,21,29H,13-16H2. The van der Waals surface area contributed by atoms with Crippen LogP contribution in [-0.2, 0) is 10.3 Å².